The molecule has 5 heteroatoms. The van der Waals surface area contributed by atoms with Gasteiger partial charge in [0, 0.05) is 11.8 Å². The minimum absolute atomic E-state index is 0.349. The van der Waals surface area contributed by atoms with Crippen LogP contribution in [0.3, 0.4) is 0 Å². The van der Waals surface area contributed by atoms with E-state index in [1.807, 2.05) is 40.9 Å². The quantitative estimate of drug-likeness (QED) is 0.657. The predicted molar refractivity (Wildman–Crippen MR) is 69.8 cm³/mol. The molecule has 2 heterocycles. The smallest absolute Gasteiger partial charge is 0.337 e. The van der Waals surface area contributed by atoms with Crippen LogP contribution < -0.4 is 0 Å². The zero-order chi connectivity index (χ0) is 13.2. The van der Waals surface area contributed by atoms with E-state index in [2.05, 4.69) is 14.9 Å². The highest BCUT2D eigenvalue weighted by Crippen LogP contribution is 2.18. The summed E-state index contributed by atoms with van der Waals surface area (Å²) in [5.74, 6) is 0.393. The number of nitrogens with zero attached hydrogens (tertiary/aromatic N) is 3. The minimum atomic E-state index is -0.349. The molecule has 1 aromatic carbocycles. The Morgan fingerprint density at radius 1 is 1.11 bits per heavy atom. The molecule has 0 saturated carbocycles. The fourth-order valence-electron chi connectivity index (χ4n) is 1.91. The van der Waals surface area contributed by atoms with Crippen molar-refractivity contribution in [2.24, 2.45) is 0 Å². The average molecular weight is 253 g/mol. The van der Waals surface area contributed by atoms with Gasteiger partial charge in [0.2, 0.25) is 0 Å². The normalized spacial score (nSPS) is 10.6. The molecule has 3 rings (SSSR count). The lowest BCUT2D eigenvalue weighted by Crippen LogP contribution is -2.00. The number of hydrogen-bond acceptors (Lipinski definition) is 4. The summed E-state index contributed by atoms with van der Waals surface area (Å²) in [4.78, 5) is 11.4. The van der Waals surface area contributed by atoms with Gasteiger partial charge >= 0.3 is 5.97 Å². The molecule has 0 amide bonds. The summed E-state index contributed by atoms with van der Waals surface area (Å²) >= 11 is 0. The molecule has 5 nitrogen and oxygen atoms in total. The Labute approximate surface area is 109 Å². The molecule has 0 fully saturated rings. The maximum atomic E-state index is 11.4. The second-order valence-corrected chi connectivity index (χ2v) is 4.02. The Bertz CT molecular complexity index is 732. The SMILES string of the molecule is COC(=O)c1ccc(-c2nnc3ccccn23)cc1. The minimum Gasteiger partial charge on any atom is -0.465 e. The number of fused-ring (bicyclic) bond motifs is 1. The molecule has 0 bridgehead atoms. The van der Waals surface area contributed by atoms with Crippen molar-refractivity contribution in [3.8, 4) is 11.4 Å². The van der Waals surface area contributed by atoms with Gasteiger partial charge in [0.25, 0.3) is 0 Å². The standard InChI is InChI=1S/C14H11N3O2/c1-19-14(18)11-7-5-10(6-8-11)13-16-15-12-4-2-3-9-17(12)13/h2-9H,1H3. The molecule has 3 aromatic rings. The number of pyridine rings is 1. The van der Waals surface area contributed by atoms with Crippen molar-refractivity contribution in [1.82, 2.24) is 14.6 Å². The van der Waals surface area contributed by atoms with E-state index in [1.165, 1.54) is 7.11 Å². The van der Waals surface area contributed by atoms with Crippen molar-refractivity contribution in [3.05, 3.63) is 54.2 Å². The molecule has 0 N–H and O–H groups in total. The third-order valence-corrected chi connectivity index (χ3v) is 2.88. The van der Waals surface area contributed by atoms with Crippen LogP contribution >= 0.6 is 0 Å². The Morgan fingerprint density at radius 3 is 2.63 bits per heavy atom. The molecule has 0 unspecified atom stereocenters. The van der Waals surface area contributed by atoms with Crippen LogP contribution in [-0.4, -0.2) is 27.7 Å². The molecule has 0 aliphatic carbocycles. The fourth-order valence-corrected chi connectivity index (χ4v) is 1.91. The monoisotopic (exact) mass is 253 g/mol. The van der Waals surface area contributed by atoms with Gasteiger partial charge in [-0.25, -0.2) is 4.79 Å². The Morgan fingerprint density at radius 2 is 1.89 bits per heavy atom. The average Bonchev–Trinajstić information content (AvgIpc) is 2.90. The molecule has 2 aromatic heterocycles. The van der Waals surface area contributed by atoms with E-state index in [4.69, 9.17) is 0 Å². The number of hydrogen-bond donors (Lipinski definition) is 0. The molecule has 0 saturated heterocycles. The van der Waals surface area contributed by atoms with Crippen molar-refractivity contribution < 1.29 is 9.53 Å². The van der Waals surface area contributed by atoms with Gasteiger partial charge < -0.3 is 4.74 Å². The molecular weight excluding hydrogens is 242 g/mol. The van der Waals surface area contributed by atoms with Crippen LogP contribution in [0.4, 0.5) is 0 Å². The van der Waals surface area contributed by atoms with Crippen molar-refractivity contribution in [1.29, 1.82) is 0 Å². The van der Waals surface area contributed by atoms with Crippen molar-refractivity contribution in [2.45, 2.75) is 0 Å². The van der Waals surface area contributed by atoms with Crippen LogP contribution in [0.2, 0.25) is 0 Å². The molecule has 0 spiro atoms. The second kappa shape index (κ2) is 4.53. The summed E-state index contributed by atoms with van der Waals surface area (Å²) in [6, 6.07) is 12.8. The molecule has 0 aliphatic heterocycles. The van der Waals surface area contributed by atoms with Crippen LogP contribution in [0.1, 0.15) is 10.4 Å². The van der Waals surface area contributed by atoms with Gasteiger partial charge in [-0.15, -0.1) is 10.2 Å². The van der Waals surface area contributed by atoms with Crippen molar-refractivity contribution in [2.75, 3.05) is 7.11 Å². The molecular formula is C14H11N3O2. The van der Waals surface area contributed by atoms with Gasteiger partial charge in [-0.1, -0.05) is 18.2 Å². The summed E-state index contributed by atoms with van der Waals surface area (Å²) in [7, 11) is 1.36. The maximum Gasteiger partial charge on any atom is 0.337 e. The van der Waals surface area contributed by atoms with E-state index in [1.54, 1.807) is 12.1 Å². The third kappa shape index (κ3) is 1.95. The first-order valence-electron chi connectivity index (χ1n) is 5.78. The van der Waals surface area contributed by atoms with Crippen LogP contribution in [0.15, 0.2) is 48.7 Å². The number of esters is 1. The number of rotatable bonds is 2. The van der Waals surface area contributed by atoms with E-state index in [0.717, 1.165) is 17.0 Å². The largest absolute Gasteiger partial charge is 0.465 e. The van der Waals surface area contributed by atoms with Crippen LogP contribution in [-0.2, 0) is 4.74 Å². The lowest BCUT2D eigenvalue weighted by Gasteiger charge is -2.02. The lowest BCUT2D eigenvalue weighted by atomic mass is 10.1. The number of ether oxygens (including phenoxy) is 1. The van der Waals surface area contributed by atoms with Crippen LogP contribution in [0.5, 0.6) is 0 Å². The number of carbonyl (C=O) groups is 1. The van der Waals surface area contributed by atoms with Gasteiger partial charge in [-0.3, -0.25) is 4.40 Å². The molecule has 0 aliphatic rings. The summed E-state index contributed by atoms with van der Waals surface area (Å²) in [5.41, 5.74) is 2.20. The van der Waals surface area contributed by atoms with Crippen LogP contribution in [0, 0.1) is 0 Å². The number of carbonyl (C=O) groups excluding carboxylic acids is 1. The Balaban J connectivity index is 2.05. The number of aromatic nitrogens is 3. The highest BCUT2D eigenvalue weighted by molar-refractivity contribution is 5.89. The highest BCUT2D eigenvalue weighted by atomic mass is 16.5. The van der Waals surface area contributed by atoms with Gasteiger partial charge in [0.05, 0.1) is 12.7 Å². The fraction of sp³-hybridized carbons (Fsp3) is 0.0714. The van der Waals surface area contributed by atoms with E-state index >= 15 is 0 Å². The van der Waals surface area contributed by atoms with E-state index in [-0.39, 0.29) is 5.97 Å². The number of benzene rings is 1. The van der Waals surface area contributed by atoms with Crippen molar-refractivity contribution in [3.63, 3.8) is 0 Å². The van der Waals surface area contributed by atoms with Crippen LogP contribution in [0.25, 0.3) is 17.0 Å². The highest BCUT2D eigenvalue weighted by Gasteiger charge is 2.09. The topological polar surface area (TPSA) is 56.5 Å². The summed E-state index contributed by atoms with van der Waals surface area (Å²) in [6.07, 6.45) is 1.90. The molecule has 94 valence electrons. The van der Waals surface area contributed by atoms with Gasteiger partial charge in [0.1, 0.15) is 0 Å². The zero-order valence-electron chi connectivity index (χ0n) is 10.3. The predicted octanol–water partition coefficient (Wildman–Crippen LogP) is 2.18. The molecule has 0 radical (unpaired) electrons. The zero-order valence-corrected chi connectivity index (χ0v) is 10.3. The Kier molecular flexibility index (Phi) is 2.72. The summed E-state index contributed by atoms with van der Waals surface area (Å²) in [6.45, 7) is 0. The van der Waals surface area contributed by atoms with E-state index in [0.29, 0.717) is 5.56 Å². The van der Waals surface area contributed by atoms with Gasteiger partial charge in [-0.05, 0) is 24.3 Å². The first kappa shape index (κ1) is 11.4. The summed E-state index contributed by atoms with van der Waals surface area (Å²) in [5, 5.41) is 8.25. The van der Waals surface area contributed by atoms with Crippen molar-refractivity contribution >= 4 is 11.6 Å². The van der Waals surface area contributed by atoms with E-state index in [9.17, 15) is 4.79 Å². The molecule has 19 heavy (non-hydrogen) atoms. The summed E-state index contributed by atoms with van der Waals surface area (Å²) < 4.78 is 6.56. The molecule has 0 atom stereocenters. The lowest BCUT2D eigenvalue weighted by molar-refractivity contribution is 0.0601. The third-order valence-electron chi connectivity index (χ3n) is 2.88. The number of methoxy groups -OCH3 is 1. The van der Waals surface area contributed by atoms with Gasteiger partial charge in [0.15, 0.2) is 11.5 Å². The maximum absolute atomic E-state index is 11.4. The second-order valence-electron chi connectivity index (χ2n) is 4.02. The van der Waals surface area contributed by atoms with E-state index < -0.39 is 0 Å². The Hall–Kier alpha value is -2.69. The van der Waals surface area contributed by atoms with Gasteiger partial charge in [-0.2, -0.15) is 0 Å². The first-order valence-corrected chi connectivity index (χ1v) is 5.78. The first-order chi connectivity index (χ1) is 9.29.